The number of hydrogen-bond acceptors (Lipinski definition) is 8. The molecule has 0 aromatic carbocycles. The van der Waals surface area contributed by atoms with Crippen molar-refractivity contribution in [1.82, 2.24) is 20.2 Å². The van der Waals surface area contributed by atoms with E-state index in [0.717, 1.165) is 35.4 Å². The molecule has 0 saturated heterocycles. The van der Waals surface area contributed by atoms with Crippen LogP contribution in [0.2, 0.25) is 0 Å². The maximum atomic E-state index is 13.0. The van der Waals surface area contributed by atoms with Crippen molar-refractivity contribution in [3.8, 4) is 22.1 Å². The topological polar surface area (TPSA) is 99.1 Å². The van der Waals surface area contributed by atoms with Crippen LogP contribution >= 0.6 is 11.3 Å². The zero-order valence-corrected chi connectivity index (χ0v) is 16.5. The summed E-state index contributed by atoms with van der Waals surface area (Å²) in [6.07, 6.45) is 5.62. The Kier molecular flexibility index (Phi) is 4.91. The largest absolute Gasteiger partial charge is 0.494 e. The molecule has 0 bridgehead atoms. The monoisotopic (exact) mass is 397 g/mol. The lowest BCUT2D eigenvalue weighted by Gasteiger charge is -2.15. The lowest BCUT2D eigenvalue weighted by Crippen LogP contribution is -2.15. The fraction of sp³-hybridized carbons (Fsp3) is 0.316. The number of nitrogens with zero attached hydrogens (tertiary/aromatic N) is 4. The molecule has 1 amide bonds. The molecule has 1 saturated carbocycles. The van der Waals surface area contributed by atoms with Crippen LogP contribution in [-0.2, 0) is 0 Å². The van der Waals surface area contributed by atoms with Crippen LogP contribution in [0.4, 0.5) is 5.13 Å². The first-order valence-electron chi connectivity index (χ1n) is 8.79. The van der Waals surface area contributed by atoms with Gasteiger partial charge >= 0.3 is 0 Å². The molecule has 1 fully saturated rings. The Bertz CT molecular complexity index is 1030. The summed E-state index contributed by atoms with van der Waals surface area (Å²) in [5, 5.41) is 11.2. The van der Waals surface area contributed by atoms with Crippen molar-refractivity contribution in [3.63, 3.8) is 0 Å². The molecular weight excluding hydrogens is 378 g/mol. The Balaban J connectivity index is 1.76. The zero-order valence-electron chi connectivity index (χ0n) is 15.7. The number of carbonyl (C=O) groups excluding carboxylic acids is 1. The second kappa shape index (κ2) is 7.51. The molecule has 3 aromatic rings. The molecule has 3 heterocycles. The third-order valence-corrected chi connectivity index (χ3v) is 5.33. The highest BCUT2D eigenvalue weighted by molar-refractivity contribution is 7.17. The van der Waals surface area contributed by atoms with Crippen LogP contribution in [0, 0.1) is 6.92 Å². The van der Waals surface area contributed by atoms with Gasteiger partial charge in [-0.1, -0.05) is 5.10 Å². The quantitative estimate of drug-likeness (QED) is 0.680. The second-order valence-electron chi connectivity index (χ2n) is 6.44. The van der Waals surface area contributed by atoms with Crippen LogP contribution < -0.4 is 14.8 Å². The number of ether oxygens (including phenoxy) is 2. The van der Waals surface area contributed by atoms with Gasteiger partial charge in [0.25, 0.3) is 11.1 Å². The summed E-state index contributed by atoms with van der Waals surface area (Å²) in [4.78, 5) is 21.8. The van der Waals surface area contributed by atoms with Gasteiger partial charge in [-0.2, -0.15) is 0 Å². The highest BCUT2D eigenvalue weighted by Gasteiger charge is 2.27. The first kappa shape index (κ1) is 18.3. The van der Waals surface area contributed by atoms with Crippen LogP contribution in [0.3, 0.4) is 0 Å². The minimum Gasteiger partial charge on any atom is -0.494 e. The maximum absolute atomic E-state index is 13.0. The summed E-state index contributed by atoms with van der Waals surface area (Å²) in [7, 11) is 3.08. The fourth-order valence-electron chi connectivity index (χ4n) is 3.01. The van der Waals surface area contributed by atoms with Crippen LogP contribution in [0.25, 0.3) is 11.1 Å². The maximum Gasteiger partial charge on any atom is 0.295 e. The van der Waals surface area contributed by atoms with Gasteiger partial charge in [0.2, 0.25) is 5.13 Å². The van der Waals surface area contributed by atoms with Gasteiger partial charge < -0.3 is 9.47 Å². The first-order chi connectivity index (χ1) is 13.6. The van der Waals surface area contributed by atoms with Gasteiger partial charge in [0.1, 0.15) is 5.75 Å². The summed E-state index contributed by atoms with van der Waals surface area (Å²) in [6.45, 7) is 1.85. The number of aromatic nitrogens is 4. The van der Waals surface area contributed by atoms with Crippen molar-refractivity contribution >= 4 is 22.4 Å². The van der Waals surface area contributed by atoms with Crippen molar-refractivity contribution < 1.29 is 14.3 Å². The van der Waals surface area contributed by atoms with Crippen LogP contribution in [0.1, 0.15) is 40.5 Å². The number of anilines is 1. The predicted molar refractivity (Wildman–Crippen MR) is 105 cm³/mol. The number of amides is 1. The van der Waals surface area contributed by atoms with Crippen molar-refractivity contribution in [2.24, 2.45) is 0 Å². The average Bonchev–Trinajstić information content (AvgIpc) is 3.47. The molecule has 0 aliphatic heterocycles. The standard InChI is InChI=1S/C19H19N5O3S/c1-10-16(26-2)15(12-6-7-20-14(8-12)11-4-5-11)13(9-21-10)17(25)22-18-23-24-19(27-3)28-18/h6-9,11H,4-5H2,1-3H3,(H,22,23,25). The molecule has 28 heavy (non-hydrogen) atoms. The van der Waals surface area contributed by atoms with E-state index in [2.05, 4.69) is 25.5 Å². The third-order valence-electron chi connectivity index (χ3n) is 4.53. The number of rotatable bonds is 6. The van der Waals surface area contributed by atoms with Gasteiger partial charge in [0.05, 0.1) is 25.5 Å². The van der Waals surface area contributed by atoms with Crippen LogP contribution in [0.5, 0.6) is 10.9 Å². The van der Waals surface area contributed by atoms with E-state index < -0.39 is 0 Å². The fourth-order valence-corrected chi connectivity index (χ4v) is 3.57. The Morgan fingerprint density at radius 1 is 1.21 bits per heavy atom. The van der Waals surface area contributed by atoms with Crippen LogP contribution in [-0.4, -0.2) is 40.3 Å². The average molecular weight is 397 g/mol. The molecule has 1 aliphatic carbocycles. The predicted octanol–water partition coefficient (Wildman–Crippen LogP) is 3.45. The number of hydrogen-bond donors (Lipinski definition) is 1. The van der Waals surface area contributed by atoms with Crippen molar-refractivity contribution in [2.45, 2.75) is 25.7 Å². The Hall–Kier alpha value is -3.07. The SMILES string of the molecule is COc1nnc(NC(=O)c2cnc(C)c(OC)c2-c2ccnc(C3CC3)c2)s1. The van der Waals surface area contributed by atoms with Gasteiger partial charge in [-0.25, -0.2) is 0 Å². The lowest BCUT2D eigenvalue weighted by atomic mass is 9.98. The minimum absolute atomic E-state index is 0.343. The van der Waals surface area contributed by atoms with E-state index in [1.165, 1.54) is 7.11 Å². The van der Waals surface area contributed by atoms with Crippen molar-refractivity contribution in [2.75, 3.05) is 19.5 Å². The number of methoxy groups -OCH3 is 2. The molecule has 0 spiro atoms. The minimum atomic E-state index is -0.343. The first-order valence-corrected chi connectivity index (χ1v) is 9.61. The molecule has 1 N–H and O–H groups in total. The van der Waals surface area contributed by atoms with E-state index in [0.29, 0.717) is 38.8 Å². The molecule has 8 nitrogen and oxygen atoms in total. The highest BCUT2D eigenvalue weighted by atomic mass is 32.1. The Morgan fingerprint density at radius 2 is 2.04 bits per heavy atom. The molecule has 1 aliphatic rings. The van der Waals surface area contributed by atoms with Crippen molar-refractivity contribution in [1.29, 1.82) is 0 Å². The van der Waals surface area contributed by atoms with Gasteiger partial charge in [0, 0.05) is 29.6 Å². The van der Waals surface area contributed by atoms with E-state index in [1.54, 1.807) is 19.5 Å². The number of carbonyl (C=O) groups is 1. The van der Waals surface area contributed by atoms with Crippen LogP contribution in [0.15, 0.2) is 24.5 Å². The molecule has 3 aromatic heterocycles. The van der Waals surface area contributed by atoms with Crippen molar-refractivity contribution in [3.05, 3.63) is 41.5 Å². The second-order valence-corrected chi connectivity index (χ2v) is 7.38. The number of pyridine rings is 2. The normalized spacial score (nSPS) is 13.2. The number of aryl methyl sites for hydroxylation is 1. The summed E-state index contributed by atoms with van der Waals surface area (Å²) in [6, 6.07) is 3.91. The smallest absolute Gasteiger partial charge is 0.295 e. The zero-order chi connectivity index (χ0) is 19.7. The van der Waals surface area contributed by atoms with E-state index in [1.807, 2.05) is 19.1 Å². The summed E-state index contributed by atoms with van der Waals surface area (Å²) >= 11 is 1.15. The molecule has 0 atom stereocenters. The lowest BCUT2D eigenvalue weighted by molar-refractivity contribution is 0.102. The summed E-state index contributed by atoms with van der Waals surface area (Å²) < 4.78 is 10.6. The summed E-state index contributed by atoms with van der Waals surface area (Å²) in [5.74, 6) is 0.722. The van der Waals surface area contributed by atoms with E-state index in [4.69, 9.17) is 9.47 Å². The third kappa shape index (κ3) is 3.53. The van der Waals surface area contributed by atoms with E-state index in [9.17, 15) is 4.79 Å². The molecular formula is C19H19N5O3S. The van der Waals surface area contributed by atoms with Gasteiger partial charge in [0.15, 0.2) is 0 Å². The van der Waals surface area contributed by atoms with E-state index >= 15 is 0 Å². The molecule has 4 rings (SSSR count). The Labute approximate surface area is 166 Å². The molecule has 0 unspecified atom stereocenters. The Morgan fingerprint density at radius 3 is 2.71 bits per heavy atom. The van der Waals surface area contributed by atoms with Gasteiger partial charge in [-0.05, 0) is 48.8 Å². The van der Waals surface area contributed by atoms with Gasteiger partial charge in [-0.15, -0.1) is 5.10 Å². The number of nitrogens with one attached hydrogen (secondary N) is 1. The molecule has 9 heteroatoms. The van der Waals surface area contributed by atoms with E-state index in [-0.39, 0.29) is 5.91 Å². The molecule has 144 valence electrons. The molecule has 0 radical (unpaired) electrons. The van der Waals surface area contributed by atoms with Gasteiger partial charge in [-0.3, -0.25) is 20.1 Å². The summed E-state index contributed by atoms with van der Waals surface area (Å²) in [5.41, 5.74) is 3.70. The highest BCUT2D eigenvalue weighted by Crippen LogP contribution is 2.42.